The van der Waals surface area contributed by atoms with Crippen LogP contribution in [0.15, 0.2) is 44.7 Å². The average molecular weight is 446 g/mol. The van der Waals surface area contributed by atoms with Gasteiger partial charge in [0, 0.05) is 16.5 Å². The highest BCUT2D eigenvalue weighted by molar-refractivity contribution is 9.10. The first-order valence-electron chi connectivity index (χ1n) is 8.69. The number of ether oxygens (including phenoxy) is 2. The van der Waals surface area contributed by atoms with Crippen LogP contribution in [0.3, 0.4) is 0 Å². The van der Waals surface area contributed by atoms with Crippen molar-refractivity contribution in [2.24, 2.45) is 5.10 Å². The number of nitrogens with zero attached hydrogens (tertiary/aromatic N) is 3. The maximum Gasteiger partial charge on any atom is 0.282 e. The summed E-state index contributed by atoms with van der Waals surface area (Å²) in [5.41, 5.74) is 0.995. The lowest BCUT2D eigenvalue weighted by Gasteiger charge is -2.10. The van der Waals surface area contributed by atoms with Crippen LogP contribution in [0.1, 0.15) is 24.7 Å². The molecule has 3 aromatic rings. The topological polar surface area (TPSA) is 85.9 Å². The van der Waals surface area contributed by atoms with Crippen molar-refractivity contribution in [2.45, 2.75) is 19.8 Å². The minimum absolute atomic E-state index is 0.0942. The fourth-order valence-electron chi connectivity index (χ4n) is 2.81. The number of halogens is 1. The molecule has 7 nitrogen and oxygen atoms in total. The van der Waals surface area contributed by atoms with Crippen molar-refractivity contribution in [1.82, 2.24) is 9.66 Å². The summed E-state index contributed by atoms with van der Waals surface area (Å²) in [6.07, 6.45) is 2.95. The molecule has 0 radical (unpaired) electrons. The Balaban J connectivity index is 2.14. The van der Waals surface area contributed by atoms with Gasteiger partial charge in [-0.15, -0.1) is 0 Å². The van der Waals surface area contributed by atoms with E-state index in [0.29, 0.717) is 28.7 Å². The van der Waals surface area contributed by atoms with Crippen molar-refractivity contribution in [3.05, 3.63) is 56.5 Å². The van der Waals surface area contributed by atoms with Crippen LogP contribution >= 0.6 is 15.9 Å². The molecule has 0 bridgehead atoms. The zero-order chi connectivity index (χ0) is 20.3. The molecule has 0 aliphatic rings. The number of phenolic OH excluding ortho intramolecular Hbond substituents is 1. The first-order valence-corrected chi connectivity index (χ1v) is 9.48. The van der Waals surface area contributed by atoms with Gasteiger partial charge in [-0.3, -0.25) is 4.79 Å². The van der Waals surface area contributed by atoms with Crippen molar-refractivity contribution in [2.75, 3.05) is 14.2 Å². The lowest BCUT2D eigenvalue weighted by atomic mass is 10.2. The van der Waals surface area contributed by atoms with E-state index in [9.17, 15) is 9.90 Å². The molecule has 0 amide bonds. The van der Waals surface area contributed by atoms with E-state index < -0.39 is 0 Å². The molecule has 1 heterocycles. The zero-order valence-electron chi connectivity index (χ0n) is 15.8. The zero-order valence-corrected chi connectivity index (χ0v) is 17.4. The minimum Gasteiger partial charge on any atom is -0.502 e. The van der Waals surface area contributed by atoms with E-state index in [2.05, 4.69) is 26.0 Å². The smallest absolute Gasteiger partial charge is 0.282 e. The Labute approximate surface area is 170 Å². The number of aromatic hydroxyl groups is 1. The van der Waals surface area contributed by atoms with E-state index in [4.69, 9.17) is 9.47 Å². The fourth-order valence-corrected chi connectivity index (χ4v) is 3.17. The van der Waals surface area contributed by atoms with Crippen LogP contribution in [0.25, 0.3) is 10.9 Å². The molecule has 0 aliphatic heterocycles. The number of benzene rings is 2. The Hall–Kier alpha value is -2.87. The van der Waals surface area contributed by atoms with Gasteiger partial charge in [-0.2, -0.15) is 9.78 Å². The molecule has 0 spiro atoms. The summed E-state index contributed by atoms with van der Waals surface area (Å²) in [6, 6.07) is 8.61. The molecule has 2 aromatic carbocycles. The van der Waals surface area contributed by atoms with Gasteiger partial charge in [-0.25, -0.2) is 4.98 Å². The molecule has 1 aromatic heterocycles. The largest absolute Gasteiger partial charge is 0.502 e. The molecule has 8 heteroatoms. The SMILES string of the molecule is CCCc1nc2ccc(Br)cc2c(=O)n1N=Cc1cc(OC)c(O)c(OC)c1. The molecule has 0 unspecified atom stereocenters. The second-order valence-electron chi connectivity index (χ2n) is 6.08. The van der Waals surface area contributed by atoms with Crippen LogP contribution in [-0.4, -0.2) is 35.2 Å². The van der Waals surface area contributed by atoms with Gasteiger partial charge in [-0.1, -0.05) is 22.9 Å². The summed E-state index contributed by atoms with van der Waals surface area (Å²) in [4.78, 5) is 17.6. The monoisotopic (exact) mass is 445 g/mol. The molecular formula is C20H20BrN3O4. The quantitative estimate of drug-likeness (QED) is 0.584. The fraction of sp³-hybridized carbons (Fsp3) is 0.250. The van der Waals surface area contributed by atoms with Gasteiger partial charge >= 0.3 is 0 Å². The van der Waals surface area contributed by atoms with Gasteiger partial charge < -0.3 is 14.6 Å². The van der Waals surface area contributed by atoms with E-state index >= 15 is 0 Å². The van der Waals surface area contributed by atoms with Gasteiger partial charge in [0.2, 0.25) is 5.75 Å². The standard InChI is InChI=1S/C20H20BrN3O4/c1-4-5-18-23-15-7-6-13(21)10-14(15)20(26)24(18)22-11-12-8-16(27-2)19(25)17(9-12)28-3/h6-11,25H,4-5H2,1-3H3. The van der Waals surface area contributed by atoms with Crippen molar-refractivity contribution >= 4 is 33.0 Å². The van der Waals surface area contributed by atoms with E-state index in [1.54, 1.807) is 18.2 Å². The third kappa shape index (κ3) is 3.87. The number of hydrogen-bond donors (Lipinski definition) is 1. The van der Waals surface area contributed by atoms with Crippen LogP contribution in [0.2, 0.25) is 0 Å². The van der Waals surface area contributed by atoms with E-state index in [-0.39, 0.29) is 22.8 Å². The lowest BCUT2D eigenvalue weighted by Crippen LogP contribution is -2.22. The van der Waals surface area contributed by atoms with Gasteiger partial charge in [0.05, 0.1) is 31.3 Å². The second-order valence-corrected chi connectivity index (χ2v) is 6.99. The molecule has 0 saturated heterocycles. The number of aromatic nitrogens is 2. The Kier molecular flexibility index (Phi) is 5.99. The summed E-state index contributed by atoms with van der Waals surface area (Å²) in [5.74, 6) is 0.990. The average Bonchev–Trinajstić information content (AvgIpc) is 2.69. The maximum atomic E-state index is 13.0. The van der Waals surface area contributed by atoms with E-state index in [1.807, 2.05) is 19.1 Å². The molecule has 0 fully saturated rings. The normalized spacial score (nSPS) is 11.3. The Morgan fingerprint density at radius 2 is 1.89 bits per heavy atom. The number of phenols is 1. The first kappa shape index (κ1) is 19.9. The van der Waals surface area contributed by atoms with Gasteiger partial charge in [0.25, 0.3) is 5.56 Å². The van der Waals surface area contributed by atoms with Crippen molar-refractivity contribution in [3.63, 3.8) is 0 Å². The van der Waals surface area contributed by atoms with Crippen molar-refractivity contribution in [1.29, 1.82) is 0 Å². The molecule has 0 atom stereocenters. The molecule has 3 rings (SSSR count). The van der Waals surface area contributed by atoms with Crippen LogP contribution in [0.4, 0.5) is 0 Å². The van der Waals surface area contributed by atoms with Crippen LogP contribution < -0.4 is 15.0 Å². The number of fused-ring (bicyclic) bond motifs is 1. The predicted molar refractivity (Wildman–Crippen MR) is 112 cm³/mol. The predicted octanol–water partition coefficient (Wildman–Crippen LogP) is 3.72. The lowest BCUT2D eigenvalue weighted by molar-refractivity contribution is 0.340. The number of rotatable bonds is 6. The minimum atomic E-state index is -0.247. The highest BCUT2D eigenvalue weighted by Gasteiger charge is 2.12. The summed E-state index contributed by atoms with van der Waals surface area (Å²) in [5, 5.41) is 14.9. The first-order chi connectivity index (χ1) is 13.5. The van der Waals surface area contributed by atoms with Gasteiger partial charge in [0.15, 0.2) is 11.5 Å². The summed E-state index contributed by atoms with van der Waals surface area (Å²) in [6.45, 7) is 2.02. The molecule has 28 heavy (non-hydrogen) atoms. The summed E-state index contributed by atoms with van der Waals surface area (Å²) < 4.78 is 12.4. The highest BCUT2D eigenvalue weighted by atomic mass is 79.9. The Morgan fingerprint density at radius 3 is 2.50 bits per heavy atom. The molecular weight excluding hydrogens is 426 g/mol. The molecule has 0 aliphatic carbocycles. The molecule has 0 saturated carbocycles. The molecule has 146 valence electrons. The van der Waals surface area contributed by atoms with Crippen LogP contribution in [-0.2, 0) is 6.42 Å². The number of hydrogen-bond acceptors (Lipinski definition) is 6. The van der Waals surface area contributed by atoms with Crippen molar-refractivity contribution < 1.29 is 14.6 Å². The summed E-state index contributed by atoms with van der Waals surface area (Å²) in [7, 11) is 2.90. The van der Waals surface area contributed by atoms with E-state index in [1.165, 1.54) is 25.1 Å². The summed E-state index contributed by atoms with van der Waals surface area (Å²) >= 11 is 3.39. The second kappa shape index (κ2) is 8.43. The van der Waals surface area contributed by atoms with Crippen LogP contribution in [0, 0.1) is 0 Å². The number of methoxy groups -OCH3 is 2. The number of aryl methyl sites for hydroxylation is 1. The van der Waals surface area contributed by atoms with E-state index in [0.717, 1.165) is 10.9 Å². The van der Waals surface area contributed by atoms with Gasteiger partial charge in [-0.05, 0) is 36.8 Å². The van der Waals surface area contributed by atoms with Gasteiger partial charge in [0.1, 0.15) is 5.82 Å². The Morgan fingerprint density at radius 1 is 1.21 bits per heavy atom. The molecule has 1 N–H and O–H groups in total. The van der Waals surface area contributed by atoms with Crippen LogP contribution in [0.5, 0.6) is 17.2 Å². The third-order valence-corrected chi connectivity index (χ3v) is 4.67. The maximum absolute atomic E-state index is 13.0. The van der Waals surface area contributed by atoms with Crippen molar-refractivity contribution in [3.8, 4) is 17.2 Å². The Bertz CT molecular complexity index is 1080. The third-order valence-electron chi connectivity index (χ3n) is 4.17. The highest BCUT2D eigenvalue weighted by Crippen LogP contribution is 2.36.